The molecular weight excluding hydrogens is 1380 g/mol. The van der Waals surface area contributed by atoms with Crippen LogP contribution in [0.15, 0.2) is 60.9 Å². The first-order chi connectivity index (χ1) is 48.4. The van der Waals surface area contributed by atoms with Gasteiger partial charge in [0.05, 0.1) is 19.3 Å². The molecule has 0 unspecified atom stereocenters. The number of likely N-dealkylation sites (tertiary alicyclic amines) is 1. The maximum Gasteiger partial charge on any atom is 0.326 e. The van der Waals surface area contributed by atoms with Gasteiger partial charge in [-0.25, -0.2) is 4.79 Å². The molecule has 12 amide bonds. The van der Waals surface area contributed by atoms with E-state index in [2.05, 4.69) is 81.1 Å². The fourth-order valence-electron chi connectivity index (χ4n) is 11.3. The van der Waals surface area contributed by atoms with Gasteiger partial charge in [0.15, 0.2) is 0 Å². The minimum Gasteiger partial charge on any atom is -0.480 e. The predicted molar refractivity (Wildman–Crippen MR) is 387 cm³/mol. The third-order valence-electron chi connectivity index (χ3n) is 17.1. The molecule has 2 aromatic heterocycles. The maximum absolute atomic E-state index is 14.8. The predicted octanol–water partition coefficient (Wildman–Crippen LogP) is -2.29. The number of carboxylic acids is 1. The van der Waals surface area contributed by atoms with Gasteiger partial charge in [0.1, 0.15) is 78.5 Å². The van der Waals surface area contributed by atoms with E-state index in [1.807, 2.05) is 32.0 Å². The summed E-state index contributed by atoms with van der Waals surface area (Å²) in [4.78, 5) is 187. The van der Waals surface area contributed by atoms with Crippen molar-refractivity contribution in [2.24, 2.45) is 17.6 Å². The highest BCUT2D eigenvalue weighted by molar-refractivity contribution is 7.98. The second-order valence-corrected chi connectivity index (χ2v) is 28.2. The zero-order valence-electron chi connectivity index (χ0n) is 58.6. The lowest BCUT2D eigenvalue weighted by Gasteiger charge is -2.31. The third-order valence-corrected chi connectivity index (χ3v) is 18.7. The van der Waals surface area contributed by atoms with Crippen LogP contribution >= 0.6 is 36.2 Å². The third kappa shape index (κ3) is 24.3. The molecule has 1 saturated heterocycles. The van der Waals surface area contributed by atoms with Crippen molar-refractivity contribution in [3.8, 4) is 0 Å². The van der Waals surface area contributed by atoms with Gasteiger partial charge in [0.25, 0.3) is 0 Å². The molecule has 35 heteroatoms. The number of aliphatic hydroxyl groups excluding tert-OH is 3. The van der Waals surface area contributed by atoms with Gasteiger partial charge in [-0.15, -0.1) is 0 Å². The Balaban J connectivity index is 1.27. The molecule has 0 bridgehead atoms. The average molecular weight is 1480 g/mol. The number of hydrogen-bond acceptors (Lipinski definition) is 20. The number of aromatic amines is 2. The van der Waals surface area contributed by atoms with Crippen molar-refractivity contribution in [2.75, 3.05) is 49.5 Å². The lowest BCUT2D eigenvalue weighted by atomic mass is 9.98. The number of H-pyrrole nitrogens is 2. The van der Waals surface area contributed by atoms with Crippen LogP contribution in [0.5, 0.6) is 0 Å². The number of amides is 12. The van der Waals surface area contributed by atoms with Crippen LogP contribution in [-0.2, 0) is 75.2 Å². The number of aromatic nitrogens is 2. The molecule has 3 heterocycles. The van der Waals surface area contributed by atoms with Crippen molar-refractivity contribution < 1.29 is 82.8 Å². The van der Waals surface area contributed by atoms with Crippen LogP contribution in [-0.4, -0.2) is 246 Å². The fourth-order valence-corrected chi connectivity index (χ4v) is 12.5. The van der Waals surface area contributed by atoms with Crippen LogP contribution < -0.4 is 64.2 Å². The number of hydrogen-bond donors (Lipinski definition) is 19. The number of nitrogens with zero attached hydrogens (tertiary/aromatic N) is 1. The molecule has 4 aromatic rings. The van der Waals surface area contributed by atoms with Crippen molar-refractivity contribution >= 4 is 135 Å². The number of thioether (sulfide) groups is 2. The van der Waals surface area contributed by atoms with E-state index in [1.165, 1.54) is 49.2 Å². The highest BCUT2D eigenvalue weighted by Crippen LogP contribution is 2.23. The lowest BCUT2D eigenvalue weighted by molar-refractivity contribution is -0.142. The molecule has 0 spiro atoms. The molecule has 1 fully saturated rings. The highest BCUT2D eigenvalue weighted by Gasteiger charge is 2.42. The van der Waals surface area contributed by atoms with Gasteiger partial charge in [-0.05, 0) is 112 Å². The standard InChI is InChI=1S/C67H99N15O17S3/c1-33(2)25-47(59(90)74-46(67(98)99)21-24-102-9)76-60(91)48(26-38-28-69-43-17-12-10-15-40(38)43)77-64(95)53(34(3)4)80-61(92)49(27-39-29-70-44-18-13-11-16-41(39)44)75-55(86)35(5)71-62(93)50(31-84)78-56(87)36(6)72-65(96)54(37(7)85)81-63(94)52-19-14-22-82(52)66(97)51(32-100)79-58(89)45(20-23-101-8)73-57(88)42(68)30-83/h10-13,15-18,28-29,33-37,42,45-54,69-70,83-85,100H,14,19-27,30-32,68H2,1-9H3,(H,71,93)(H,72,96)(H,73,88)(H,74,90)(H,75,86)(H,76,91)(H,77,95)(H,78,87)(H,79,89)(H,80,92)(H,81,94)(H,98,99)/t35-,36-,37+,42-,45-,46-,47-,48-,49-,50-,51-,52-,53-,54-/m0/s1. The first-order valence-electron chi connectivity index (χ1n) is 33.6. The molecule has 562 valence electrons. The Morgan fingerprint density at radius 1 is 0.539 bits per heavy atom. The summed E-state index contributed by atoms with van der Waals surface area (Å²) in [6, 6.07) is -3.72. The number of nitrogens with one attached hydrogen (secondary N) is 13. The van der Waals surface area contributed by atoms with Crippen LogP contribution in [0, 0.1) is 11.8 Å². The molecule has 2 aromatic carbocycles. The molecule has 19 N–H and O–H groups in total. The Kier molecular flexibility index (Phi) is 33.8. The molecular formula is C67H99N15O17S3. The van der Waals surface area contributed by atoms with Crippen LogP contribution in [0.2, 0.25) is 0 Å². The summed E-state index contributed by atoms with van der Waals surface area (Å²) >= 11 is 7.05. The van der Waals surface area contributed by atoms with E-state index in [9.17, 15) is 82.8 Å². The summed E-state index contributed by atoms with van der Waals surface area (Å²) in [5.74, 6) is -11.9. The van der Waals surface area contributed by atoms with Gasteiger partial charge in [0, 0.05) is 59.3 Å². The van der Waals surface area contributed by atoms with Gasteiger partial charge < -0.3 is 99.5 Å². The number of nitrogens with two attached hydrogens (primary N) is 1. The molecule has 0 aliphatic carbocycles. The van der Waals surface area contributed by atoms with Gasteiger partial charge in [-0.3, -0.25) is 57.5 Å². The largest absolute Gasteiger partial charge is 0.480 e. The number of rotatable bonds is 41. The fraction of sp³-hybridized carbons (Fsp3) is 0.567. The number of aliphatic hydroxyl groups is 3. The molecule has 1 aliphatic heterocycles. The van der Waals surface area contributed by atoms with Crippen LogP contribution in [0.3, 0.4) is 0 Å². The van der Waals surface area contributed by atoms with E-state index in [0.29, 0.717) is 40.0 Å². The second kappa shape index (κ2) is 41.0. The number of aliphatic carboxylic acids is 1. The Hall–Kier alpha value is -8.48. The molecule has 14 atom stereocenters. The Bertz CT molecular complexity index is 3580. The molecule has 32 nitrogen and oxygen atoms in total. The lowest BCUT2D eigenvalue weighted by Crippen LogP contribution is -2.62. The van der Waals surface area contributed by atoms with Crippen LogP contribution in [0.25, 0.3) is 21.8 Å². The van der Waals surface area contributed by atoms with Crippen molar-refractivity contribution in [2.45, 2.75) is 178 Å². The van der Waals surface area contributed by atoms with E-state index in [4.69, 9.17) is 5.73 Å². The zero-order valence-corrected chi connectivity index (χ0v) is 61.1. The quantitative estimate of drug-likeness (QED) is 0.0208. The molecule has 1 aliphatic rings. The number of carbonyl (C=O) groups excluding carboxylic acids is 12. The first kappa shape index (κ1) is 84.2. The van der Waals surface area contributed by atoms with Gasteiger partial charge in [-0.2, -0.15) is 36.2 Å². The summed E-state index contributed by atoms with van der Waals surface area (Å²) in [6.45, 7) is 8.90. The minimum absolute atomic E-state index is 0.0540. The minimum atomic E-state index is -1.75. The number of fused-ring (bicyclic) bond motifs is 2. The molecule has 0 saturated carbocycles. The summed E-state index contributed by atoms with van der Waals surface area (Å²) in [5.41, 5.74) is 8.24. The average Bonchev–Trinajstić information content (AvgIpc) is 1.63. The number of carboxylic acid groups (broad SMARTS) is 1. The van der Waals surface area contributed by atoms with E-state index in [-0.39, 0.29) is 56.7 Å². The smallest absolute Gasteiger partial charge is 0.326 e. The number of para-hydroxylation sites is 2. The normalized spacial score (nSPS) is 16.8. The maximum atomic E-state index is 14.8. The summed E-state index contributed by atoms with van der Waals surface area (Å²) < 4.78 is 0. The monoisotopic (exact) mass is 1480 g/mol. The Morgan fingerprint density at radius 2 is 0.980 bits per heavy atom. The molecule has 0 radical (unpaired) electrons. The summed E-state index contributed by atoms with van der Waals surface area (Å²) in [5, 5.41) is 69.9. The van der Waals surface area contributed by atoms with Crippen LogP contribution in [0.1, 0.15) is 91.7 Å². The summed E-state index contributed by atoms with van der Waals surface area (Å²) in [6.07, 6.45) is 5.82. The van der Waals surface area contributed by atoms with Crippen molar-refractivity contribution in [3.05, 3.63) is 72.1 Å². The summed E-state index contributed by atoms with van der Waals surface area (Å²) in [7, 11) is 0. The second-order valence-electron chi connectivity index (χ2n) is 25.8. The van der Waals surface area contributed by atoms with Crippen molar-refractivity contribution in [3.63, 3.8) is 0 Å². The number of carbonyl (C=O) groups is 13. The van der Waals surface area contributed by atoms with Crippen molar-refractivity contribution in [1.82, 2.24) is 73.4 Å². The number of benzene rings is 2. The first-order valence-corrected chi connectivity index (χ1v) is 37.0. The SMILES string of the molecule is CSCC[C@H](NC(=O)[C@H](CC(C)C)NC(=O)[C@H](Cc1c[nH]c2ccccc12)NC(=O)[C@@H](NC(=O)[C@H](Cc1c[nH]c2ccccc12)NC(=O)[C@H](C)NC(=O)[C@H](CO)NC(=O)[C@H](C)NC(=O)[C@@H](NC(=O)[C@@H]1CCCN1C(=O)[C@H](CS)NC(=O)[C@H](CCSC)NC(=O)[C@@H](N)CO)[C@@H](C)O)C(C)C)C(=O)O. The molecule has 102 heavy (non-hydrogen) atoms. The van der Waals surface area contributed by atoms with Crippen LogP contribution in [0.4, 0.5) is 0 Å². The molecule has 5 rings (SSSR count). The zero-order chi connectivity index (χ0) is 75.7. The van der Waals surface area contributed by atoms with Crippen molar-refractivity contribution in [1.29, 1.82) is 0 Å². The van der Waals surface area contributed by atoms with E-state index < -0.39 is 181 Å². The van der Waals surface area contributed by atoms with E-state index in [0.717, 1.165) is 10.9 Å². The Labute approximate surface area is 605 Å². The van der Waals surface area contributed by atoms with Gasteiger partial charge in [0.2, 0.25) is 70.9 Å². The Morgan fingerprint density at radius 3 is 1.48 bits per heavy atom. The van der Waals surface area contributed by atoms with Gasteiger partial charge in [-0.1, -0.05) is 64.1 Å². The number of thiol groups is 1. The van der Waals surface area contributed by atoms with E-state index in [1.54, 1.807) is 69.1 Å². The van der Waals surface area contributed by atoms with Gasteiger partial charge >= 0.3 is 5.97 Å². The van der Waals surface area contributed by atoms with E-state index >= 15 is 0 Å². The topological polar surface area (TPSA) is 496 Å². The highest BCUT2D eigenvalue weighted by atomic mass is 32.2.